The van der Waals surface area contributed by atoms with E-state index in [0.29, 0.717) is 35.2 Å². The van der Waals surface area contributed by atoms with Crippen LogP contribution < -0.4 is 10.1 Å². The molecule has 37 heavy (non-hydrogen) atoms. The number of amides is 2. The first-order chi connectivity index (χ1) is 18.0. The second-order valence-electron chi connectivity index (χ2n) is 8.69. The molecule has 0 saturated heterocycles. The van der Waals surface area contributed by atoms with Crippen LogP contribution in [-0.2, 0) is 24.4 Å². The first kappa shape index (κ1) is 24.7. The van der Waals surface area contributed by atoms with Crippen molar-refractivity contribution in [3.05, 3.63) is 105 Å². The maximum absolute atomic E-state index is 14.1. The summed E-state index contributed by atoms with van der Waals surface area (Å²) in [6.45, 7) is 2.88. The molecular formula is C28H26FN3O4S. The number of furan rings is 1. The molecule has 1 aliphatic heterocycles. The fourth-order valence-corrected chi connectivity index (χ4v) is 5.17. The summed E-state index contributed by atoms with van der Waals surface area (Å²) in [4.78, 5) is 31.4. The summed E-state index contributed by atoms with van der Waals surface area (Å²) in [5.41, 5.74) is 3.07. The third-order valence-corrected chi connectivity index (χ3v) is 7.11. The van der Waals surface area contributed by atoms with E-state index in [1.54, 1.807) is 29.8 Å². The lowest BCUT2D eigenvalue weighted by molar-refractivity contribution is -0.132. The zero-order chi connectivity index (χ0) is 25.8. The van der Waals surface area contributed by atoms with Crippen LogP contribution in [0.25, 0.3) is 0 Å². The molecule has 1 N–H and O–H groups in total. The molecule has 9 heteroatoms. The molecule has 190 valence electrons. The Hall–Kier alpha value is -3.98. The van der Waals surface area contributed by atoms with E-state index in [-0.39, 0.29) is 36.8 Å². The van der Waals surface area contributed by atoms with E-state index in [4.69, 9.17) is 9.15 Å². The molecule has 0 unspecified atom stereocenters. The lowest BCUT2D eigenvalue weighted by atomic mass is 9.87. The van der Waals surface area contributed by atoms with Crippen LogP contribution in [0.1, 0.15) is 57.3 Å². The second kappa shape index (κ2) is 11.0. The van der Waals surface area contributed by atoms with Crippen molar-refractivity contribution in [3.63, 3.8) is 0 Å². The highest BCUT2D eigenvalue weighted by Gasteiger charge is 2.32. The van der Waals surface area contributed by atoms with Gasteiger partial charge in [0.25, 0.3) is 5.91 Å². The zero-order valence-corrected chi connectivity index (χ0v) is 21.1. The van der Waals surface area contributed by atoms with Crippen LogP contribution in [-0.4, -0.2) is 28.2 Å². The fraction of sp³-hybridized carbons (Fsp3) is 0.250. The number of carbonyl (C=O) groups excluding carboxylic acids is 2. The maximum Gasteiger partial charge on any atom is 0.271 e. The number of carbonyl (C=O) groups is 2. The number of thiazole rings is 1. The van der Waals surface area contributed by atoms with Gasteiger partial charge in [0.1, 0.15) is 34.6 Å². The number of ether oxygens (including phenoxy) is 1. The monoisotopic (exact) mass is 519 g/mol. The molecule has 0 bridgehead atoms. The Morgan fingerprint density at radius 1 is 1.22 bits per heavy atom. The standard InChI is InChI=1S/C28H26FN3O4S/c1-2-26(33)32-11-10-18-8-9-21(14-23(18)27(32)19-5-3-6-20(29)13-19)36-16-25-31-24(17-37-25)28(34)30-15-22-7-4-12-35-22/h3-9,12-14,17,27H,2,10-11,15-16H2,1H3,(H,30,34)/t27-/m0/s1. The van der Waals surface area contributed by atoms with Gasteiger partial charge in [0.2, 0.25) is 5.91 Å². The molecule has 2 aromatic heterocycles. The number of fused-ring (bicyclic) bond motifs is 1. The van der Waals surface area contributed by atoms with Gasteiger partial charge in [0, 0.05) is 18.3 Å². The highest BCUT2D eigenvalue weighted by atomic mass is 32.1. The van der Waals surface area contributed by atoms with Gasteiger partial charge in [-0.25, -0.2) is 9.37 Å². The van der Waals surface area contributed by atoms with Crippen LogP contribution in [0.15, 0.2) is 70.7 Å². The van der Waals surface area contributed by atoms with E-state index in [1.807, 2.05) is 36.1 Å². The normalized spacial score (nSPS) is 14.8. The first-order valence-electron chi connectivity index (χ1n) is 12.1. The van der Waals surface area contributed by atoms with E-state index in [1.165, 1.54) is 23.5 Å². The number of aromatic nitrogens is 1. The molecule has 1 atom stereocenters. The van der Waals surface area contributed by atoms with Gasteiger partial charge in [-0.15, -0.1) is 11.3 Å². The van der Waals surface area contributed by atoms with Crippen LogP contribution in [0.4, 0.5) is 4.39 Å². The van der Waals surface area contributed by atoms with Crippen molar-refractivity contribution in [2.45, 2.75) is 39.0 Å². The minimum Gasteiger partial charge on any atom is -0.486 e. The summed E-state index contributed by atoms with van der Waals surface area (Å²) in [6, 6.07) is 15.4. The van der Waals surface area contributed by atoms with Gasteiger partial charge in [-0.1, -0.05) is 25.1 Å². The number of halogens is 1. The van der Waals surface area contributed by atoms with Crippen molar-refractivity contribution in [2.75, 3.05) is 6.54 Å². The fourth-order valence-electron chi connectivity index (χ4n) is 4.49. The molecule has 0 saturated carbocycles. The van der Waals surface area contributed by atoms with Gasteiger partial charge in [-0.05, 0) is 59.5 Å². The average molecular weight is 520 g/mol. The molecule has 3 heterocycles. The van der Waals surface area contributed by atoms with Gasteiger partial charge >= 0.3 is 0 Å². The number of hydrogen-bond acceptors (Lipinski definition) is 6. The molecule has 4 aromatic rings. The Morgan fingerprint density at radius 3 is 2.89 bits per heavy atom. The molecule has 0 radical (unpaired) electrons. The predicted octanol–water partition coefficient (Wildman–Crippen LogP) is 5.27. The molecule has 7 nitrogen and oxygen atoms in total. The summed E-state index contributed by atoms with van der Waals surface area (Å²) in [6.07, 6.45) is 2.65. The molecule has 2 amide bonds. The minimum atomic E-state index is -0.389. The first-order valence-corrected chi connectivity index (χ1v) is 13.0. The average Bonchev–Trinajstić information content (AvgIpc) is 3.62. The van der Waals surface area contributed by atoms with Crippen molar-refractivity contribution in [3.8, 4) is 5.75 Å². The van der Waals surface area contributed by atoms with Crippen molar-refractivity contribution in [2.24, 2.45) is 0 Å². The Kier molecular flexibility index (Phi) is 7.32. The SMILES string of the molecule is CCC(=O)N1CCc2ccc(OCc3nc(C(=O)NCc4ccco4)cs3)cc2[C@@H]1c1cccc(F)c1. The quantitative estimate of drug-likeness (QED) is 0.343. The summed E-state index contributed by atoms with van der Waals surface area (Å²) in [5, 5.41) is 5.13. The highest BCUT2D eigenvalue weighted by Crippen LogP contribution is 2.38. The third kappa shape index (κ3) is 5.56. The van der Waals surface area contributed by atoms with Crippen LogP contribution >= 0.6 is 11.3 Å². The van der Waals surface area contributed by atoms with Gasteiger partial charge in [0.15, 0.2) is 0 Å². The molecule has 5 rings (SSSR count). The summed E-state index contributed by atoms with van der Waals surface area (Å²) in [7, 11) is 0. The maximum atomic E-state index is 14.1. The van der Waals surface area contributed by atoms with E-state index in [9.17, 15) is 14.0 Å². The largest absolute Gasteiger partial charge is 0.486 e. The molecule has 1 aliphatic rings. The van der Waals surface area contributed by atoms with Gasteiger partial charge in [-0.3, -0.25) is 9.59 Å². The number of nitrogens with one attached hydrogen (secondary N) is 1. The van der Waals surface area contributed by atoms with E-state index in [0.717, 1.165) is 23.1 Å². The number of benzene rings is 2. The van der Waals surface area contributed by atoms with E-state index < -0.39 is 0 Å². The molecule has 2 aromatic carbocycles. The van der Waals surface area contributed by atoms with Gasteiger partial charge in [0.05, 0.1) is 18.8 Å². The Morgan fingerprint density at radius 2 is 2.11 bits per heavy atom. The van der Waals surface area contributed by atoms with Crippen LogP contribution in [0.5, 0.6) is 5.75 Å². The van der Waals surface area contributed by atoms with Crippen LogP contribution in [0, 0.1) is 5.82 Å². The zero-order valence-electron chi connectivity index (χ0n) is 20.3. The second-order valence-corrected chi connectivity index (χ2v) is 9.63. The molecule has 0 fully saturated rings. The smallest absolute Gasteiger partial charge is 0.271 e. The number of rotatable bonds is 8. The van der Waals surface area contributed by atoms with Gasteiger partial charge < -0.3 is 19.4 Å². The Bertz CT molecular complexity index is 1400. The lowest BCUT2D eigenvalue weighted by Crippen LogP contribution is -2.40. The predicted molar refractivity (Wildman–Crippen MR) is 137 cm³/mol. The molecule has 0 aliphatic carbocycles. The summed E-state index contributed by atoms with van der Waals surface area (Å²) < 4.78 is 25.4. The van der Waals surface area contributed by atoms with E-state index in [2.05, 4.69) is 10.3 Å². The summed E-state index contributed by atoms with van der Waals surface area (Å²) >= 11 is 1.34. The Balaban J connectivity index is 1.31. The van der Waals surface area contributed by atoms with Crippen molar-refractivity contribution >= 4 is 23.2 Å². The lowest BCUT2D eigenvalue weighted by Gasteiger charge is -2.38. The number of nitrogens with zero attached hydrogens (tertiary/aromatic N) is 2. The van der Waals surface area contributed by atoms with Crippen molar-refractivity contribution in [1.82, 2.24) is 15.2 Å². The van der Waals surface area contributed by atoms with Crippen LogP contribution in [0.2, 0.25) is 0 Å². The topological polar surface area (TPSA) is 84.7 Å². The Labute approximate surface area is 217 Å². The molecular weight excluding hydrogens is 493 g/mol. The number of hydrogen-bond donors (Lipinski definition) is 1. The van der Waals surface area contributed by atoms with Crippen molar-refractivity contribution < 1.29 is 23.1 Å². The highest BCUT2D eigenvalue weighted by molar-refractivity contribution is 7.09. The third-order valence-electron chi connectivity index (χ3n) is 6.28. The van der Waals surface area contributed by atoms with Crippen LogP contribution in [0.3, 0.4) is 0 Å². The van der Waals surface area contributed by atoms with Crippen molar-refractivity contribution in [1.29, 1.82) is 0 Å². The van der Waals surface area contributed by atoms with Gasteiger partial charge in [-0.2, -0.15) is 0 Å². The van der Waals surface area contributed by atoms with E-state index >= 15 is 0 Å². The molecule has 0 spiro atoms. The minimum absolute atomic E-state index is 0.0203. The summed E-state index contributed by atoms with van der Waals surface area (Å²) in [5.74, 6) is 0.673.